The molecule has 1 saturated carbocycles. The average Bonchev–Trinajstić information content (AvgIpc) is 3.31. The van der Waals surface area contributed by atoms with E-state index >= 15 is 0 Å². The maximum absolute atomic E-state index is 11.7. The third-order valence-electron chi connectivity index (χ3n) is 5.39. The Kier molecular flexibility index (Phi) is 8.83. The molecule has 2 rings (SSSR count). The van der Waals surface area contributed by atoms with Crippen LogP contribution < -0.4 is 10.6 Å². The van der Waals surface area contributed by atoms with Gasteiger partial charge in [0.1, 0.15) is 23.6 Å². The van der Waals surface area contributed by atoms with Crippen molar-refractivity contribution in [2.24, 2.45) is 10.4 Å². The molecule has 1 aliphatic rings. The summed E-state index contributed by atoms with van der Waals surface area (Å²) in [5, 5.41) is 6.80. The van der Waals surface area contributed by atoms with E-state index < -0.39 is 0 Å². The van der Waals surface area contributed by atoms with Crippen molar-refractivity contribution >= 4 is 11.9 Å². The Labute approximate surface area is 168 Å². The lowest BCUT2D eigenvalue weighted by atomic mass is 9.83. The minimum atomic E-state index is -0.390. The van der Waals surface area contributed by atoms with E-state index in [4.69, 9.17) is 13.9 Å². The molecule has 0 spiro atoms. The summed E-state index contributed by atoms with van der Waals surface area (Å²) in [6.07, 6.45) is 6.10. The molecular weight excluding hydrogens is 358 g/mol. The van der Waals surface area contributed by atoms with Crippen LogP contribution in [0.4, 0.5) is 0 Å². The lowest BCUT2D eigenvalue weighted by Gasteiger charge is -2.30. The number of furan rings is 1. The molecule has 1 aromatic rings. The minimum Gasteiger partial charge on any atom is -0.465 e. The van der Waals surface area contributed by atoms with Gasteiger partial charge in [0.2, 0.25) is 0 Å². The second kappa shape index (κ2) is 11.1. The zero-order chi connectivity index (χ0) is 20.4. The predicted molar refractivity (Wildman–Crippen MR) is 110 cm³/mol. The largest absolute Gasteiger partial charge is 0.465 e. The van der Waals surface area contributed by atoms with E-state index in [1.807, 2.05) is 13.8 Å². The summed E-state index contributed by atoms with van der Waals surface area (Å²) in [7, 11) is 1.37. The summed E-state index contributed by atoms with van der Waals surface area (Å²) in [6.45, 7) is 9.45. The number of carbonyl (C=O) groups excluding carboxylic acids is 1. The molecular formula is C21H35N3O4. The van der Waals surface area contributed by atoms with E-state index in [1.165, 1.54) is 32.8 Å². The van der Waals surface area contributed by atoms with Crippen molar-refractivity contribution in [2.75, 3.05) is 33.4 Å². The predicted octanol–water partition coefficient (Wildman–Crippen LogP) is 3.42. The van der Waals surface area contributed by atoms with E-state index in [2.05, 4.69) is 15.6 Å². The van der Waals surface area contributed by atoms with Crippen molar-refractivity contribution in [1.82, 2.24) is 10.6 Å². The van der Waals surface area contributed by atoms with Gasteiger partial charge < -0.3 is 24.5 Å². The minimum absolute atomic E-state index is 0.282. The number of hydrogen-bond acceptors (Lipinski definition) is 5. The normalized spacial score (nSPS) is 16.2. The standard InChI is InChI=1S/C21H35N3O4/c1-5-22-20(23-14-17-13-18(16(3)28-17)19(25)26-4)24-15-21(9-7-8-10-21)11-12-27-6-2/h13H,5-12,14-15H2,1-4H3,(H2,22,23,24). The Morgan fingerprint density at radius 1 is 1.29 bits per heavy atom. The molecule has 7 heteroatoms. The maximum Gasteiger partial charge on any atom is 0.341 e. The Bertz CT molecular complexity index is 648. The highest BCUT2D eigenvalue weighted by molar-refractivity contribution is 5.90. The number of esters is 1. The second-order valence-electron chi connectivity index (χ2n) is 7.38. The summed E-state index contributed by atoms with van der Waals surface area (Å²) in [6, 6.07) is 1.70. The van der Waals surface area contributed by atoms with Gasteiger partial charge in [-0.3, -0.25) is 0 Å². The molecule has 0 amide bonds. The van der Waals surface area contributed by atoms with Gasteiger partial charge in [0.25, 0.3) is 0 Å². The zero-order valence-electron chi connectivity index (χ0n) is 17.7. The van der Waals surface area contributed by atoms with Gasteiger partial charge in [-0.2, -0.15) is 0 Å². The van der Waals surface area contributed by atoms with E-state index in [0.717, 1.165) is 38.7 Å². The third kappa shape index (κ3) is 6.26. The first-order valence-corrected chi connectivity index (χ1v) is 10.3. The molecule has 0 bridgehead atoms. The summed E-state index contributed by atoms with van der Waals surface area (Å²) in [4.78, 5) is 16.4. The van der Waals surface area contributed by atoms with Crippen LogP contribution in [0.15, 0.2) is 15.5 Å². The van der Waals surface area contributed by atoms with Crippen molar-refractivity contribution < 1.29 is 18.7 Å². The van der Waals surface area contributed by atoms with Gasteiger partial charge in [0.05, 0.1) is 7.11 Å². The van der Waals surface area contributed by atoms with E-state index in [-0.39, 0.29) is 11.4 Å². The molecule has 7 nitrogen and oxygen atoms in total. The topological polar surface area (TPSA) is 85.1 Å². The molecule has 0 unspecified atom stereocenters. The van der Waals surface area contributed by atoms with Gasteiger partial charge in [0.15, 0.2) is 5.96 Å². The van der Waals surface area contributed by atoms with Crippen molar-refractivity contribution in [3.8, 4) is 0 Å². The van der Waals surface area contributed by atoms with Gasteiger partial charge in [-0.15, -0.1) is 0 Å². The van der Waals surface area contributed by atoms with Crippen molar-refractivity contribution in [3.05, 3.63) is 23.2 Å². The van der Waals surface area contributed by atoms with E-state index in [0.29, 0.717) is 23.6 Å². The Morgan fingerprint density at radius 3 is 2.68 bits per heavy atom. The van der Waals surface area contributed by atoms with E-state index in [9.17, 15) is 4.79 Å². The van der Waals surface area contributed by atoms with Gasteiger partial charge in [-0.1, -0.05) is 12.8 Å². The third-order valence-corrected chi connectivity index (χ3v) is 5.39. The number of hydrogen-bond donors (Lipinski definition) is 2. The number of aliphatic imine (C=N–C) groups is 1. The van der Waals surface area contributed by atoms with Crippen LogP contribution in [-0.4, -0.2) is 45.3 Å². The molecule has 0 saturated heterocycles. The summed E-state index contributed by atoms with van der Waals surface area (Å²) >= 11 is 0. The number of ether oxygens (including phenoxy) is 2. The van der Waals surface area contributed by atoms with Crippen LogP contribution in [-0.2, 0) is 16.0 Å². The van der Waals surface area contributed by atoms with Crippen LogP contribution >= 0.6 is 0 Å². The first-order valence-electron chi connectivity index (χ1n) is 10.3. The molecule has 1 heterocycles. The first kappa shape index (κ1) is 22.3. The van der Waals surface area contributed by atoms with Crippen LogP contribution in [0, 0.1) is 12.3 Å². The maximum atomic E-state index is 11.7. The van der Waals surface area contributed by atoms with Crippen molar-refractivity contribution in [3.63, 3.8) is 0 Å². The fourth-order valence-electron chi connectivity index (χ4n) is 3.78. The highest BCUT2D eigenvalue weighted by Crippen LogP contribution is 2.40. The summed E-state index contributed by atoms with van der Waals surface area (Å²) in [5.41, 5.74) is 0.733. The number of carbonyl (C=O) groups is 1. The molecule has 0 atom stereocenters. The Morgan fingerprint density at radius 2 is 2.04 bits per heavy atom. The van der Waals surface area contributed by atoms with E-state index in [1.54, 1.807) is 13.0 Å². The molecule has 1 aromatic heterocycles. The van der Waals surface area contributed by atoms with Crippen LogP contribution in [0.3, 0.4) is 0 Å². The lowest BCUT2D eigenvalue weighted by Crippen LogP contribution is -2.43. The molecule has 1 fully saturated rings. The van der Waals surface area contributed by atoms with Gasteiger partial charge in [0, 0.05) is 26.3 Å². The van der Waals surface area contributed by atoms with Crippen molar-refractivity contribution in [2.45, 2.75) is 59.4 Å². The Balaban J connectivity index is 1.98. The lowest BCUT2D eigenvalue weighted by molar-refractivity contribution is 0.0598. The van der Waals surface area contributed by atoms with Gasteiger partial charge in [-0.25, -0.2) is 9.79 Å². The van der Waals surface area contributed by atoms with Gasteiger partial charge in [-0.05, 0) is 51.5 Å². The average molecular weight is 394 g/mol. The highest BCUT2D eigenvalue weighted by Gasteiger charge is 2.33. The molecule has 0 aromatic carbocycles. The van der Waals surface area contributed by atoms with Crippen LogP contribution in [0.25, 0.3) is 0 Å². The molecule has 28 heavy (non-hydrogen) atoms. The monoisotopic (exact) mass is 393 g/mol. The highest BCUT2D eigenvalue weighted by atomic mass is 16.5. The number of guanidine groups is 1. The second-order valence-corrected chi connectivity index (χ2v) is 7.38. The molecule has 1 aliphatic carbocycles. The fourth-order valence-corrected chi connectivity index (χ4v) is 3.78. The fraction of sp³-hybridized carbons (Fsp3) is 0.714. The number of nitrogens with one attached hydrogen (secondary N) is 2. The van der Waals surface area contributed by atoms with Crippen LogP contribution in [0.2, 0.25) is 0 Å². The van der Waals surface area contributed by atoms with Crippen LogP contribution in [0.5, 0.6) is 0 Å². The first-order chi connectivity index (χ1) is 13.5. The number of aryl methyl sites for hydroxylation is 1. The number of rotatable bonds is 10. The molecule has 0 aliphatic heterocycles. The molecule has 2 N–H and O–H groups in total. The van der Waals surface area contributed by atoms with Crippen LogP contribution in [0.1, 0.15) is 67.8 Å². The number of nitrogens with zero attached hydrogens (tertiary/aromatic N) is 1. The summed E-state index contributed by atoms with van der Waals surface area (Å²) < 4.78 is 16.0. The van der Waals surface area contributed by atoms with Crippen molar-refractivity contribution in [1.29, 1.82) is 0 Å². The smallest absolute Gasteiger partial charge is 0.341 e. The SMILES string of the molecule is CCNC(=NCc1cc(C(=O)OC)c(C)o1)NCC1(CCOCC)CCCC1. The van der Waals surface area contributed by atoms with Gasteiger partial charge >= 0.3 is 5.97 Å². The Hall–Kier alpha value is -2.02. The molecule has 0 radical (unpaired) electrons. The quantitative estimate of drug-likeness (QED) is 0.274. The summed E-state index contributed by atoms with van der Waals surface area (Å²) in [5.74, 6) is 1.57. The number of methoxy groups -OCH3 is 1. The zero-order valence-corrected chi connectivity index (χ0v) is 17.7. The molecule has 158 valence electrons.